The molecule has 0 amide bonds. The number of aromatic nitrogens is 2. The smallest absolute Gasteiger partial charge is 0.146 e. The van der Waals surface area contributed by atoms with Crippen molar-refractivity contribution in [3.8, 4) is 5.75 Å². The highest BCUT2D eigenvalue weighted by Crippen LogP contribution is 2.24. The maximum Gasteiger partial charge on any atom is 0.146 e. The molecule has 0 saturated carbocycles. The van der Waals surface area contributed by atoms with Crippen LogP contribution in [0.1, 0.15) is 18.3 Å². The maximum atomic E-state index is 13.7. The Hall–Kier alpha value is -1.75. The van der Waals surface area contributed by atoms with Gasteiger partial charge in [0.15, 0.2) is 0 Å². The van der Waals surface area contributed by atoms with Crippen molar-refractivity contribution in [1.82, 2.24) is 9.78 Å². The van der Waals surface area contributed by atoms with Gasteiger partial charge in [0.2, 0.25) is 0 Å². The Morgan fingerprint density at radius 1 is 1.45 bits per heavy atom. The first-order valence-electron chi connectivity index (χ1n) is 6.36. The number of benzene rings is 1. The fourth-order valence-electron chi connectivity index (χ4n) is 1.98. The Labute approximate surface area is 122 Å². The average Bonchev–Trinajstić information content (AvgIpc) is 2.73. The second kappa shape index (κ2) is 6.13. The molecule has 0 saturated heterocycles. The molecule has 0 unspecified atom stereocenters. The summed E-state index contributed by atoms with van der Waals surface area (Å²) in [5.41, 5.74) is 1.99. The van der Waals surface area contributed by atoms with Crippen molar-refractivity contribution < 1.29 is 9.13 Å². The Balaban J connectivity index is 2.20. The van der Waals surface area contributed by atoms with E-state index in [-0.39, 0.29) is 5.82 Å². The molecular formula is C14H17ClFN3O. The first kappa shape index (κ1) is 14.7. The normalized spacial score (nSPS) is 10.7. The van der Waals surface area contributed by atoms with E-state index in [0.29, 0.717) is 29.5 Å². The number of hydrogen-bond donors (Lipinski definition) is 1. The van der Waals surface area contributed by atoms with Gasteiger partial charge in [-0.3, -0.25) is 4.68 Å². The molecule has 1 heterocycles. The first-order chi connectivity index (χ1) is 9.56. The summed E-state index contributed by atoms with van der Waals surface area (Å²) in [6.07, 6.45) is 0. The van der Waals surface area contributed by atoms with Gasteiger partial charge in [-0.2, -0.15) is 5.10 Å². The number of rotatable bonds is 5. The molecule has 1 aromatic heterocycles. The lowest BCUT2D eigenvalue weighted by atomic mass is 10.2. The van der Waals surface area contributed by atoms with Crippen LogP contribution in [0.4, 0.5) is 10.1 Å². The number of nitrogens with zero attached hydrogens (tertiary/aromatic N) is 2. The van der Waals surface area contributed by atoms with Crippen LogP contribution in [0.2, 0.25) is 5.02 Å². The lowest BCUT2D eigenvalue weighted by molar-refractivity contribution is 0.414. The van der Waals surface area contributed by atoms with E-state index in [1.54, 1.807) is 19.2 Å². The molecule has 20 heavy (non-hydrogen) atoms. The van der Waals surface area contributed by atoms with E-state index >= 15 is 0 Å². The third-order valence-electron chi connectivity index (χ3n) is 3.07. The van der Waals surface area contributed by atoms with Gasteiger partial charge in [0.25, 0.3) is 0 Å². The van der Waals surface area contributed by atoms with Crippen molar-refractivity contribution >= 4 is 17.3 Å². The molecule has 4 nitrogen and oxygen atoms in total. The summed E-state index contributed by atoms with van der Waals surface area (Å²) >= 11 is 6.22. The molecule has 0 atom stereocenters. The number of aryl methyl sites for hydroxylation is 2. The fourth-order valence-corrected chi connectivity index (χ4v) is 2.19. The predicted molar refractivity (Wildman–Crippen MR) is 77.9 cm³/mol. The minimum Gasteiger partial charge on any atom is -0.497 e. The lowest BCUT2D eigenvalue weighted by Gasteiger charge is -2.10. The van der Waals surface area contributed by atoms with Crippen LogP contribution < -0.4 is 10.1 Å². The minimum absolute atomic E-state index is 0.332. The molecule has 0 radical (unpaired) electrons. The van der Waals surface area contributed by atoms with E-state index in [1.807, 2.05) is 18.5 Å². The number of methoxy groups -OCH3 is 1. The molecule has 6 heteroatoms. The number of nitrogens with one attached hydrogen (secondary N) is 1. The lowest BCUT2D eigenvalue weighted by Crippen LogP contribution is -2.09. The molecule has 1 aromatic carbocycles. The van der Waals surface area contributed by atoms with E-state index in [0.717, 1.165) is 11.4 Å². The molecule has 0 bridgehead atoms. The Morgan fingerprint density at radius 2 is 2.20 bits per heavy atom. The van der Waals surface area contributed by atoms with Crippen LogP contribution in [0.25, 0.3) is 0 Å². The fraction of sp³-hybridized carbons (Fsp3) is 0.357. The van der Waals surface area contributed by atoms with Gasteiger partial charge < -0.3 is 10.1 Å². The summed E-state index contributed by atoms with van der Waals surface area (Å²) < 4.78 is 20.6. The monoisotopic (exact) mass is 297 g/mol. The van der Waals surface area contributed by atoms with Crippen LogP contribution in [0.3, 0.4) is 0 Å². The van der Waals surface area contributed by atoms with E-state index in [1.165, 1.54) is 6.07 Å². The highest BCUT2D eigenvalue weighted by Gasteiger charge is 2.13. The molecule has 2 rings (SSSR count). The quantitative estimate of drug-likeness (QED) is 0.916. The van der Waals surface area contributed by atoms with Crippen LogP contribution in [0, 0.1) is 12.7 Å². The largest absolute Gasteiger partial charge is 0.497 e. The van der Waals surface area contributed by atoms with Crippen LogP contribution >= 0.6 is 11.6 Å². The second-order valence-corrected chi connectivity index (χ2v) is 4.74. The molecular weight excluding hydrogens is 281 g/mol. The molecule has 108 valence electrons. The van der Waals surface area contributed by atoms with Crippen molar-refractivity contribution in [1.29, 1.82) is 0 Å². The van der Waals surface area contributed by atoms with Crippen molar-refractivity contribution in [3.05, 3.63) is 40.4 Å². The van der Waals surface area contributed by atoms with Crippen molar-refractivity contribution in [3.63, 3.8) is 0 Å². The number of hydrogen-bond acceptors (Lipinski definition) is 3. The average molecular weight is 298 g/mol. The first-order valence-corrected chi connectivity index (χ1v) is 6.73. The Bertz CT molecular complexity index is 613. The van der Waals surface area contributed by atoms with E-state index < -0.39 is 0 Å². The zero-order valence-electron chi connectivity index (χ0n) is 11.7. The summed E-state index contributed by atoms with van der Waals surface area (Å²) in [6.45, 7) is 4.95. The summed E-state index contributed by atoms with van der Waals surface area (Å²) in [7, 11) is 1.55. The van der Waals surface area contributed by atoms with Gasteiger partial charge in [-0.15, -0.1) is 0 Å². The summed E-state index contributed by atoms with van der Waals surface area (Å²) in [5, 5.41) is 7.97. The maximum absolute atomic E-state index is 13.7. The molecule has 1 N–H and O–H groups in total. The van der Waals surface area contributed by atoms with Crippen molar-refractivity contribution in [2.45, 2.75) is 26.9 Å². The molecule has 0 fully saturated rings. The topological polar surface area (TPSA) is 39.1 Å². The van der Waals surface area contributed by atoms with Crippen molar-refractivity contribution in [2.24, 2.45) is 0 Å². The van der Waals surface area contributed by atoms with Gasteiger partial charge >= 0.3 is 0 Å². The zero-order chi connectivity index (χ0) is 14.7. The van der Waals surface area contributed by atoms with Gasteiger partial charge in [-0.25, -0.2) is 4.39 Å². The number of ether oxygens (including phenoxy) is 1. The summed E-state index contributed by atoms with van der Waals surface area (Å²) in [6, 6.07) is 4.56. The summed E-state index contributed by atoms with van der Waals surface area (Å²) in [4.78, 5) is 0. The van der Waals surface area contributed by atoms with Crippen LogP contribution in [-0.4, -0.2) is 16.9 Å². The third-order valence-corrected chi connectivity index (χ3v) is 3.56. The highest BCUT2D eigenvalue weighted by molar-refractivity contribution is 6.31. The Kier molecular flexibility index (Phi) is 4.49. The van der Waals surface area contributed by atoms with Gasteiger partial charge in [0, 0.05) is 12.6 Å². The van der Waals surface area contributed by atoms with E-state index in [4.69, 9.17) is 16.3 Å². The molecule has 0 aliphatic rings. The molecule has 0 spiro atoms. The standard InChI is InChI=1S/C14H17ClFN3O/c1-4-19-13(14(15)9(2)18-19)8-17-12-7-10(20-3)5-6-11(12)16/h5-7,17H,4,8H2,1-3H3. The number of halogens is 2. The Morgan fingerprint density at radius 3 is 2.85 bits per heavy atom. The van der Waals surface area contributed by atoms with Crippen LogP contribution in [0.5, 0.6) is 5.75 Å². The minimum atomic E-state index is -0.332. The third kappa shape index (κ3) is 2.88. The molecule has 0 aliphatic heterocycles. The summed E-state index contributed by atoms with van der Waals surface area (Å²) in [5.74, 6) is 0.265. The van der Waals surface area contributed by atoms with Crippen LogP contribution in [0.15, 0.2) is 18.2 Å². The van der Waals surface area contributed by atoms with Gasteiger partial charge in [0.05, 0.1) is 35.8 Å². The van der Waals surface area contributed by atoms with E-state index in [2.05, 4.69) is 10.4 Å². The predicted octanol–water partition coefficient (Wildman–Crippen LogP) is 3.62. The van der Waals surface area contributed by atoms with Gasteiger partial charge in [-0.05, 0) is 26.0 Å². The SMILES string of the molecule is CCn1nc(C)c(Cl)c1CNc1cc(OC)ccc1F. The number of anilines is 1. The zero-order valence-corrected chi connectivity index (χ0v) is 12.5. The molecule has 2 aromatic rings. The second-order valence-electron chi connectivity index (χ2n) is 4.36. The van der Waals surface area contributed by atoms with Gasteiger partial charge in [0.1, 0.15) is 11.6 Å². The van der Waals surface area contributed by atoms with E-state index in [9.17, 15) is 4.39 Å². The molecule has 0 aliphatic carbocycles. The van der Waals surface area contributed by atoms with Gasteiger partial charge in [-0.1, -0.05) is 11.6 Å². The highest BCUT2D eigenvalue weighted by atomic mass is 35.5. The van der Waals surface area contributed by atoms with Crippen molar-refractivity contribution in [2.75, 3.05) is 12.4 Å². The van der Waals surface area contributed by atoms with Crippen LogP contribution in [-0.2, 0) is 13.1 Å².